The Morgan fingerprint density at radius 2 is 2.17 bits per heavy atom. The zero-order valence-corrected chi connectivity index (χ0v) is 18.8. The number of aryl methyl sites for hydroxylation is 1. The molecule has 3 atom stereocenters. The number of hydrogen-bond acceptors (Lipinski definition) is 9. The lowest BCUT2D eigenvalue weighted by molar-refractivity contribution is -0.141. The molecule has 11 nitrogen and oxygen atoms in total. The first-order chi connectivity index (χ1) is 17.1. The second kappa shape index (κ2) is 8.75. The highest BCUT2D eigenvalue weighted by Crippen LogP contribution is 2.35. The van der Waals surface area contributed by atoms with E-state index in [0.29, 0.717) is 45.0 Å². The first-order valence-electron chi connectivity index (χ1n) is 11.5. The molecule has 0 bridgehead atoms. The van der Waals surface area contributed by atoms with Gasteiger partial charge < -0.3 is 9.64 Å². The highest BCUT2D eigenvalue weighted by atomic mass is 19.1. The van der Waals surface area contributed by atoms with Crippen LogP contribution >= 0.6 is 0 Å². The average molecular weight is 475 g/mol. The Morgan fingerprint density at radius 1 is 1.26 bits per heavy atom. The minimum Gasteiger partial charge on any atom is -0.370 e. The second-order valence-corrected chi connectivity index (χ2v) is 9.02. The van der Waals surface area contributed by atoms with E-state index >= 15 is 0 Å². The molecule has 1 aliphatic carbocycles. The fourth-order valence-electron chi connectivity index (χ4n) is 5.20. The summed E-state index contributed by atoms with van der Waals surface area (Å²) < 4.78 is 21.2. The van der Waals surface area contributed by atoms with Crippen LogP contribution in [0.1, 0.15) is 40.8 Å². The Morgan fingerprint density at radius 3 is 3.00 bits per heavy atom. The standard InChI is InChI=1S/C23H22FN9O2/c24-19-3-1-14(7-15(19)8-25)21-11-31-5-6-32(10-16(31)12-35-21)22(34)17-2-4-20-18(17)9-26-23(28-20)33-13-27-29-30-33/h1,3,7,9,13,16-17,21H,2,4-6,10-12H2. The van der Waals surface area contributed by atoms with E-state index in [4.69, 9.17) is 10.00 Å². The topological polar surface area (TPSA) is 126 Å². The van der Waals surface area contributed by atoms with Crippen molar-refractivity contribution in [1.29, 1.82) is 5.26 Å². The van der Waals surface area contributed by atoms with Gasteiger partial charge in [0.25, 0.3) is 5.95 Å². The van der Waals surface area contributed by atoms with Crippen molar-refractivity contribution >= 4 is 5.91 Å². The van der Waals surface area contributed by atoms with Gasteiger partial charge in [0.1, 0.15) is 18.2 Å². The summed E-state index contributed by atoms with van der Waals surface area (Å²) in [5.41, 5.74) is 2.55. The van der Waals surface area contributed by atoms with Gasteiger partial charge in [-0.05, 0) is 41.0 Å². The lowest BCUT2D eigenvalue weighted by atomic mass is 9.99. The number of nitriles is 1. The van der Waals surface area contributed by atoms with Crippen LogP contribution in [-0.4, -0.2) is 84.7 Å². The van der Waals surface area contributed by atoms with E-state index in [2.05, 4.69) is 30.4 Å². The molecule has 1 amide bonds. The summed E-state index contributed by atoms with van der Waals surface area (Å²) in [5, 5.41) is 20.2. The number of hydrogen-bond donors (Lipinski definition) is 0. The largest absolute Gasteiger partial charge is 0.370 e. The predicted molar refractivity (Wildman–Crippen MR) is 118 cm³/mol. The van der Waals surface area contributed by atoms with Gasteiger partial charge in [-0.25, -0.2) is 14.4 Å². The number of aromatic nitrogens is 6. The van der Waals surface area contributed by atoms with Gasteiger partial charge in [-0.1, -0.05) is 6.07 Å². The third kappa shape index (κ3) is 3.92. The molecule has 178 valence electrons. The fourth-order valence-corrected chi connectivity index (χ4v) is 5.20. The van der Waals surface area contributed by atoms with Crippen molar-refractivity contribution in [3.63, 3.8) is 0 Å². The molecule has 2 aromatic heterocycles. The van der Waals surface area contributed by atoms with E-state index < -0.39 is 5.82 Å². The lowest BCUT2D eigenvalue weighted by Crippen LogP contribution is -2.60. The number of amides is 1. The number of tetrazole rings is 1. The molecule has 3 aliphatic rings. The van der Waals surface area contributed by atoms with Crippen LogP contribution in [0, 0.1) is 17.1 Å². The number of carbonyl (C=O) groups excluding carboxylic acids is 1. The summed E-state index contributed by atoms with van der Waals surface area (Å²) in [5.74, 6) is -0.281. The minimum absolute atomic E-state index is 0.0227. The molecule has 0 spiro atoms. The molecule has 0 saturated carbocycles. The number of piperazine rings is 1. The Balaban J connectivity index is 1.11. The van der Waals surface area contributed by atoms with Crippen LogP contribution in [0.5, 0.6) is 0 Å². The summed E-state index contributed by atoms with van der Waals surface area (Å²) in [4.78, 5) is 26.6. The summed E-state index contributed by atoms with van der Waals surface area (Å²) in [6, 6.07) is 6.53. The number of ether oxygens (including phenoxy) is 1. The molecule has 2 aliphatic heterocycles. The molecule has 2 saturated heterocycles. The molecule has 12 heteroatoms. The molecule has 0 N–H and O–H groups in total. The SMILES string of the molecule is N#Cc1cc(C2CN3CCN(C(=O)C4CCc5nc(-n6cnnn6)ncc54)CC3CO2)ccc1F. The van der Waals surface area contributed by atoms with Crippen molar-refractivity contribution in [3.8, 4) is 12.0 Å². The number of morpholine rings is 1. The van der Waals surface area contributed by atoms with Crippen molar-refractivity contribution in [3.05, 3.63) is 58.9 Å². The monoisotopic (exact) mass is 475 g/mol. The smallest absolute Gasteiger partial charge is 0.253 e. The molecule has 3 aromatic rings. The van der Waals surface area contributed by atoms with Crippen LogP contribution in [0.4, 0.5) is 4.39 Å². The van der Waals surface area contributed by atoms with Crippen LogP contribution in [-0.2, 0) is 16.0 Å². The van der Waals surface area contributed by atoms with Crippen LogP contribution < -0.4 is 0 Å². The summed E-state index contributed by atoms with van der Waals surface area (Å²) >= 11 is 0. The number of benzene rings is 1. The van der Waals surface area contributed by atoms with E-state index in [1.165, 1.54) is 17.1 Å². The van der Waals surface area contributed by atoms with E-state index in [1.807, 2.05) is 11.0 Å². The highest BCUT2D eigenvalue weighted by molar-refractivity contribution is 5.85. The van der Waals surface area contributed by atoms with Crippen molar-refractivity contribution in [2.24, 2.45) is 0 Å². The van der Waals surface area contributed by atoms with E-state index in [9.17, 15) is 9.18 Å². The molecule has 3 unspecified atom stereocenters. The summed E-state index contributed by atoms with van der Waals surface area (Å²) in [6.07, 6.45) is 4.34. The Bertz CT molecular complexity index is 1310. The van der Waals surface area contributed by atoms with Gasteiger partial charge in [0.15, 0.2) is 0 Å². The van der Waals surface area contributed by atoms with Gasteiger partial charge in [-0.3, -0.25) is 9.69 Å². The van der Waals surface area contributed by atoms with Crippen molar-refractivity contribution in [1.82, 2.24) is 40.0 Å². The van der Waals surface area contributed by atoms with Crippen LogP contribution in [0.15, 0.2) is 30.7 Å². The molecule has 35 heavy (non-hydrogen) atoms. The Labute approximate surface area is 200 Å². The van der Waals surface area contributed by atoms with Crippen LogP contribution in [0.3, 0.4) is 0 Å². The summed E-state index contributed by atoms with van der Waals surface area (Å²) in [6.45, 7) is 3.06. The van der Waals surface area contributed by atoms with Crippen molar-refractivity contribution in [2.45, 2.75) is 30.9 Å². The maximum atomic E-state index is 13.7. The first kappa shape index (κ1) is 21.7. The third-order valence-electron chi connectivity index (χ3n) is 7.07. The Hall–Kier alpha value is -3.82. The van der Waals surface area contributed by atoms with Crippen LogP contribution in [0.25, 0.3) is 5.95 Å². The normalized spacial score (nSPS) is 24.0. The zero-order chi connectivity index (χ0) is 23.9. The average Bonchev–Trinajstić information content (AvgIpc) is 3.58. The predicted octanol–water partition coefficient (Wildman–Crippen LogP) is 0.777. The minimum atomic E-state index is -0.525. The Kier molecular flexibility index (Phi) is 5.43. The highest BCUT2D eigenvalue weighted by Gasteiger charge is 2.39. The van der Waals surface area contributed by atoms with Gasteiger partial charge in [0.2, 0.25) is 5.91 Å². The molecular formula is C23H22FN9O2. The maximum absolute atomic E-state index is 13.7. The van der Waals surface area contributed by atoms with E-state index in [0.717, 1.165) is 23.4 Å². The number of fused-ring (bicyclic) bond motifs is 2. The van der Waals surface area contributed by atoms with Crippen molar-refractivity contribution in [2.75, 3.05) is 32.8 Å². The quantitative estimate of drug-likeness (QED) is 0.540. The van der Waals surface area contributed by atoms with E-state index in [-0.39, 0.29) is 29.5 Å². The number of nitrogens with zero attached hydrogens (tertiary/aromatic N) is 9. The van der Waals surface area contributed by atoms with Crippen LogP contribution in [0.2, 0.25) is 0 Å². The molecule has 6 rings (SSSR count). The second-order valence-electron chi connectivity index (χ2n) is 9.02. The van der Waals surface area contributed by atoms with Gasteiger partial charge in [0, 0.05) is 37.9 Å². The number of halogens is 1. The summed E-state index contributed by atoms with van der Waals surface area (Å²) in [7, 11) is 0. The van der Waals surface area contributed by atoms with Gasteiger partial charge in [0.05, 0.1) is 35.9 Å². The first-order valence-corrected chi connectivity index (χ1v) is 11.5. The lowest BCUT2D eigenvalue weighted by Gasteiger charge is -2.46. The fraction of sp³-hybridized carbons (Fsp3) is 0.435. The molecule has 1 aromatic carbocycles. The molecule has 2 fully saturated rings. The van der Waals surface area contributed by atoms with Gasteiger partial charge in [-0.2, -0.15) is 9.94 Å². The number of rotatable bonds is 3. The third-order valence-corrected chi connectivity index (χ3v) is 7.07. The maximum Gasteiger partial charge on any atom is 0.253 e. The van der Waals surface area contributed by atoms with Gasteiger partial charge >= 0.3 is 0 Å². The molecular weight excluding hydrogens is 453 g/mol. The zero-order valence-electron chi connectivity index (χ0n) is 18.8. The number of carbonyl (C=O) groups is 1. The molecule has 4 heterocycles. The van der Waals surface area contributed by atoms with E-state index in [1.54, 1.807) is 18.3 Å². The van der Waals surface area contributed by atoms with Crippen molar-refractivity contribution < 1.29 is 13.9 Å². The molecule has 0 radical (unpaired) electrons. The van der Waals surface area contributed by atoms with Gasteiger partial charge in [-0.15, -0.1) is 5.10 Å².